The monoisotopic (exact) mass is 426 g/mol. The SMILES string of the molecule is COc1ccc(Nc2nc(Nc3ccc(C)c(Cl)c3)c3nccnc3n2)cc1Cl. The summed E-state index contributed by atoms with van der Waals surface area (Å²) in [6.07, 6.45) is 3.17. The lowest BCUT2D eigenvalue weighted by Crippen LogP contribution is -2.04. The molecule has 0 atom stereocenters. The highest BCUT2D eigenvalue weighted by Crippen LogP contribution is 2.30. The van der Waals surface area contributed by atoms with Gasteiger partial charge in [-0.15, -0.1) is 0 Å². The molecule has 2 aromatic heterocycles. The number of rotatable bonds is 5. The zero-order valence-corrected chi connectivity index (χ0v) is 17.1. The number of hydrogen-bond acceptors (Lipinski definition) is 7. The summed E-state index contributed by atoms with van der Waals surface area (Å²) in [5, 5.41) is 7.52. The number of benzene rings is 2. The second-order valence-corrected chi connectivity index (χ2v) is 7.00. The molecule has 0 saturated carbocycles. The van der Waals surface area contributed by atoms with Gasteiger partial charge in [0.15, 0.2) is 17.0 Å². The Kier molecular flexibility index (Phi) is 5.33. The molecule has 0 unspecified atom stereocenters. The maximum absolute atomic E-state index is 6.24. The Hall–Kier alpha value is -3.16. The molecule has 0 spiro atoms. The van der Waals surface area contributed by atoms with Crippen molar-refractivity contribution >= 4 is 57.5 Å². The van der Waals surface area contributed by atoms with Crippen molar-refractivity contribution in [1.29, 1.82) is 0 Å². The third-order valence-electron chi connectivity index (χ3n) is 4.18. The number of anilines is 4. The van der Waals surface area contributed by atoms with E-state index in [1.807, 2.05) is 31.2 Å². The van der Waals surface area contributed by atoms with Crippen molar-refractivity contribution in [2.75, 3.05) is 17.7 Å². The molecule has 7 nitrogen and oxygen atoms in total. The zero-order valence-electron chi connectivity index (χ0n) is 15.6. The molecule has 0 radical (unpaired) electrons. The van der Waals surface area contributed by atoms with E-state index in [9.17, 15) is 0 Å². The Morgan fingerprint density at radius 1 is 0.862 bits per heavy atom. The summed E-state index contributed by atoms with van der Waals surface area (Å²) in [4.78, 5) is 17.7. The van der Waals surface area contributed by atoms with Gasteiger partial charge in [-0.2, -0.15) is 9.97 Å². The number of hydrogen-bond donors (Lipinski definition) is 2. The molecule has 146 valence electrons. The maximum atomic E-state index is 6.24. The van der Waals surface area contributed by atoms with Crippen LogP contribution >= 0.6 is 23.2 Å². The Morgan fingerprint density at radius 2 is 1.59 bits per heavy atom. The largest absolute Gasteiger partial charge is 0.495 e. The third-order valence-corrected chi connectivity index (χ3v) is 4.88. The van der Waals surface area contributed by atoms with Crippen molar-refractivity contribution in [3.63, 3.8) is 0 Å². The topological polar surface area (TPSA) is 84.9 Å². The number of halogens is 2. The lowest BCUT2D eigenvalue weighted by atomic mass is 10.2. The molecule has 0 aliphatic rings. The first-order chi connectivity index (χ1) is 14.0. The maximum Gasteiger partial charge on any atom is 0.231 e. The number of fused-ring (bicyclic) bond motifs is 1. The number of nitrogens with zero attached hydrogens (tertiary/aromatic N) is 4. The molecule has 4 rings (SSSR count). The van der Waals surface area contributed by atoms with E-state index in [2.05, 4.69) is 30.6 Å². The summed E-state index contributed by atoms with van der Waals surface area (Å²) in [6, 6.07) is 11.0. The van der Waals surface area contributed by atoms with E-state index in [0.717, 1.165) is 11.3 Å². The third kappa shape index (κ3) is 4.16. The summed E-state index contributed by atoms with van der Waals surface area (Å²) in [6.45, 7) is 1.94. The van der Waals surface area contributed by atoms with Crippen molar-refractivity contribution in [3.05, 3.63) is 64.4 Å². The van der Waals surface area contributed by atoms with Crippen molar-refractivity contribution in [2.45, 2.75) is 6.92 Å². The lowest BCUT2D eigenvalue weighted by Gasteiger charge is -2.12. The van der Waals surface area contributed by atoms with Gasteiger partial charge in [-0.3, -0.25) is 0 Å². The second-order valence-electron chi connectivity index (χ2n) is 6.19. The van der Waals surface area contributed by atoms with E-state index in [1.165, 1.54) is 0 Å². The van der Waals surface area contributed by atoms with Gasteiger partial charge in [-0.25, -0.2) is 9.97 Å². The van der Waals surface area contributed by atoms with E-state index in [-0.39, 0.29) is 0 Å². The highest BCUT2D eigenvalue weighted by molar-refractivity contribution is 6.32. The van der Waals surface area contributed by atoms with Crippen molar-refractivity contribution in [1.82, 2.24) is 19.9 Å². The smallest absolute Gasteiger partial charge is 0.231 e. The van der Waals surface area contributed by atoms with Gasteiger partial charge in [0.2, 0.25) is 5.95 Å². The average Bonchev–Trinajstić information content (AvgIpc) is 2.71. The zero-order chi connectivity index (χ0) is 20.4. The average molecular weight is 427 g/mol. The van der Waals surface area contributed by atoms with E-state index < -0.39 is 0 Å². The number of nitrogens with one attached hydrogen (secondary N) is 2. The molecule has 0 amide bonds. The van der Waals surface area contributed by atoms with Gasteiger partial charge in [0.1, 0.15) is 5.75 Å². The predicted octanol–water partition coefficient (Wildman–Crippen LogP) is 5.53. The molecule has 9 heteroatoms. The fourth-order valence-electron chi connectivity index (χ4n) is 2.69. The van der Waals surface area contributed by atoms with Crippen LogP contribution in [0.1, 0.15) is 5.56 Å². The molecule has 2 N–H and O–H groups in total. The first kappa shape index (κ1) is 19.2. The van der Waals surface area contributed by atoms with Crippen LogP contribution in [0.15, 0.2) is 48.8 Å². The van der Waals surface area contributed by atoms with Crippen LogP contribution < -0.4 is 15.4 Å². The first-order valence-corrected chi connectivity index (χ1v) is 9.41. The Labute approximate surface area is 177 Å². The van der Waals surface area contributed by atoms with E-state index in [0.29, 0.717) is 44.4 Å². The standard InChI is InChI=1S/C20H16Cl2N6O/c1-11-3-4-12(9-14(11)21)25-19-17-18(24-8-7-23-17)27-20(28-19)26-13-5-6-16(29-2)15(22)10-13/h3-10H,1-2H3,(H2,24,25,26,27,28). The lowest BCUT2D eigenvalue weighted by molar-refractivity contribution is 0.415. The van der Waals surface area contributed by atoms with Crippen LogP contribution in [0.3, 0.4) is 0 Å². The molecule has 0 bridgehead atoms. The van der Waals surface area contributed by atoms with Gasteiger partial charge in [0.25, 0.3) is 0 Å². The van der Waals surface area contributed by atoms with Crippen LogP contribution in [0.2, 0.25) is 10.0 Å². The fraction of sp³-hybridized carbons (Fsp3) is 0.100. The minimum atomic E-state index is 0.347. The normalized spacial score (nSPS) is 10.8. The summed E-state index contributed by atoms with van der Waals surface area (Å²) in [7, 11) is 1.56. The minimum Gasteiger partial charge on any atom is -0.495 e. The molecular formula is C20H16Cl2N6O. The van der Waals surface area contributed by atoms with Gasteiger partial charge in [-0.1, -0.05) is 29.3 Å². The van der Waals surface area contributed by atoms with Gasteiger partial charge < -0.3 is 15.4 Å². The van der Waals surface area contributed by atoms with Gasteiger partial charge in [0.05, 0.1) is 12.1 Å². The Balaban J connectivity index is 1.72. The molecule has 0 aliphatic heterocycles. The number of methoxy groups -OCH3 is 1. The van der Waals surface area contributed by atoms with Gasteiger partial charge in [-0.05, 0) is 42.8 Å². The van der Waals surface area contributed by atoms with Crippen LogP contribution in [0.5, 0.6) is 5.75 Å². The number of aryl methyl sites for hydroxylation is 1. The molecule has 2 aromatic carbocycles. The van der Waals surface area contributed by atoms with Gasteiger partial charge in [0, 0.05) is 28.8 Å². The number of ether oxygens (including phenoxy) is 1. The Bertz CT molecular complexity index is 1200. The Morgan fingerprint density at radius 3 is 2.34 bits per heavy atom. The highest BCUT2D eigenvalue weighted by Gasteiger charge is 2.12. The summed E-state index contributed by atoms with van der Waals surface area (Å²) >= 11 is 12.4. The minimum absolute atomic E-state index is 0.347. The van der Waals surface area contributed by atoms with Gasteiger partial charge >= 0.3 is 0 Å². The molecule has 0 aliphatic carbocycles. The summed E-state index contributed by atoms with van der Waals surface area (Å²) in [5.74, 6) is 1.44. The highest BCUT2D eigenvalue weighted by atomic mass is 35.5. The van der Waals surface area contributed by atoms with Crippen LogP contribution in [-0.2, 0) is 0 Å². The van der Waals surface area contributed by atoms with E-state index in [1.54, 1.807) is 31.6 Å². The molecular weight excluding hydrogens is 411 g/mol. The molecule has 2 heterocycles. The van der Waals surface area contributed by atoms with Crippen LogP contribution in [0.25, 0.3) is 11.2 Å². The molecule has 0 saturated heterocycles. The van der Waals surface area contributed by atoms with Crippen molar-refractivity contribution in [2.24, 2.45) is 0 Å². The second kappa shape index (κ2) is 8.06. The summed E-state index contributed by atoms with van der Waals surface area (Å²) in [5.41, 5.74) is 3.48. The van der Waals surface area contributed by atoms with E-state index >= 15 is 0 Å². The van der Waals surface area contributed by atoms with E-state index in [4.69, 9.17) is 27.9 Å². The van der Waals surface area contributed by atoms with Crippen LogP contribution in [-0.4, -0.2) is 27.0 Å². The molecule has 0 fully saturated rings. The molecule has 29 heavy (non-hydrogen) atoms. The van der Waals surface area contributed by atoms with Crippen molar-refractivity contribution in [3.8, 4) is 5.75 Å². The number of aromatic nitrogens is 4. The van der Waals surface area contributed by atoms with Crippen LogP contribution in [0.4, 0.5) is 23.1 Å². The summed E-state index contributed by atoms with van der Waals surface area (Å²) < 4.78 is 5.18. The van der Waals surface area contributed by atoms with Crippen LogP contribution in [0, 0.1) is 6.92 Å². The van der Waals surface area contributed by atoms with Crippen molar-refractivity contribution < 1.29 is 4.74 Å². The first-order valence-electron chi connectivity index (χ1n) is 8.66. The fourth-order valence-corrected chi connectivity index (χ4v) is 3.13. The molecule has 4 aromatic rings. The predicted molar refractivity (Wildman–Crippen MR) is 116 cm³/mol. The quantitative estimate of drug-likeness (QED) is 0.433.